The van der Waals surface area contributed by atoms with Gasteiger partial charge in [-0.3, -0.25) is 9.59 Å². The van der Waals surface area contributed by atoms with Gasteiger partial charge in [-0.1, -0.05) is 0 Å². The molecule has 1 heterocycles. The van der Waals surface area contributed by atoms with Crippen LogP contribution in [0.25, 0.3) is 0 Å². The highest BCUT2D eigenvalue weighted by Crippen LogP contribution is 2.38. The highest BCUT2D eigenvalue weighted by atomic mass is 19.4. The van der Waals surface area contributed by atoms with Gasteiger partial charge in [0.15, 0.2) is 0 Å². The van der Waals surface area contributed by atoms with Gasteiger partial charge in [0, 0.05) is 5.56 Å². The molecule has 0 saturated carbocycles. The van der Waals surface area contributed by atoms with Crippen molar-refractivity contribution in [1.29, 1.82) is 0 Å². The topological polar surface area (TPSA) is 63.6 Å². The number of hydrogen-bond acceptors (Lipinski definition) is 3. The molecular weight excluding hydrogens is 265 g/mol. The molecule has 1 aliphatic heterocycles. The summed E-state index contributed by atoms with van der Waals surface area (Å²) < 4.78 is 43.0. The van der Waals surface area contributed by atoms with Crippen molar-refractivity contribution in [2.75, 3.05) is 0 Å². The summed E-state index contributed by atoms with van der Waals surface area (Å²) in [5.41, 5.74) is 0.550. The van der Waals surface area contributed by atoms with Gasteiger partial charge in [-0.2, -0.15) is 13.2 Å². The fourth-order valence-corrected chi connectivity index (χ4v) is 2.02. The Morgan fingerprint density at radius 2 is 2.11 bits per heavy atom. The van der Waals surface area contributed by atoms with E-state index < -0.39 is 24.2 Å². The van der Waals surface area contributed by atoms with E-state index in [4.69, 9.17) is 9.84 Å². The zero-order chi connectivity index (χ0) is 14.2. The van der Waals surface area contributed by atoms with E-state index in [0.29, 0.717) is 6.29 Å². The van der Waals surface area contributed by atoms with E-state index in [-0.39, 0.29) is 23.3 Å². The normalized spacial score (nSPS) is 22.3. The van der Waals surface area contributed by atoms with Crippen LogP contribution in [0.1, 0.15) is 15.9 Å². The number of carboxylic acids is 1. The van der Waals surface area contributed by atoms with E-state index in [9.17, 15) is 22.8 Å². The average Bonchev–Trinajstić information content (AvgIpc) is 2.35. The number of benzene rings is 1. The molecule has 1 aromatic rings. The molecule has 1 aromatic carbocycles. The lowest BCUT2D eigenvalue weighted by molar-refractivity contribution is -0.217. The molecule has 0 aliphatic carbocycles. The predicted octanol–water partition coefficient (Wildman–Crippen LogP) is 2.07. The van der Waals surface area contributed by atoms with E-state index >= 15 is 0 Å². The Kier molecular flexibility index (Phi) is 3.21. The van der Waals surface area contributed by atoms with Crippen LogP contribution in [-0.2, 0) is 11.2 Å². The molecule has 2 rings (SSSR count). The van der Waals surface area contributed by atoms with Gasteiger partial charge in [0.25, 0.3) is 0 Å². The summed E-state index contributed by atoms with van der Waals surface area (Å²) >= 11 is 0. The van der Waals surface area contributed by atoms with Crippen LogP contribution in [0.15, 0.2) is 18.2 Å². The molecule has 19 heavy (non-hydrogen) atoms. The number of aldehydes is 1. The second-order valence-corrected chi connectivity index (χ2v) is 4.21. The number of hydrogen-bond donors (Lipinski definition) is 1. The summed E-state index contributed by atoms with van der Waals surface area (Å²) in [5.74, 6) is -3.33. The zero-order valence-corrected chi connectivity index (χ0v) is 9.48. The number of fused-ring (bicyclic) bond motifs is 1. The van der Waals surface area contributed by atoms with Gasteiger partial charge in [-0.25, -0.2) is 0 Å². The number of aliphatic carboxylic acids is 1. The van der Waals surface area contributed by atoms with Crippen LogP contribution in [0.4, 0.5) is 13.2 Å². The number of alkyl halides is 3. The smallest absolute Gasteiger partial charge is 0.426 e. The van der Waals surface area contributed by atoms with Crippen LogP contribution in [0.2, 0.25) is 0 Å². The van der Waals surface area contributed by atoms with E-state index in [1.54, 1.807) is 0 Å². The molecule has 102 valence electrons. The van der Waals surface area contributed by atoms with Crippen molar-refractivity contribution in [1.82, 2.24) is 0 Å². The van der Waals surface area contributed by atoms with Crippen molar-refractivity contribution in [2.24, 2.45) is 5.92 Å². The first-order chi connectivity index (χ1) is 8.82. The third kappa shape index (κ3) is 2.54. The molecule has 0 fully saturated rings. The van der Waals surface area contributed by atoms with Gasteiger partial charge in [0.05, 0.1) is 0 Å². The number of ether oxygens (including phenoxy) is 1. The minimum absolute atomic E-state index is 0.0366. The largest absolute Gasteiger partial charge is 0.481 e. The molecule has 0 spiro atoms. The molecule has 0 saturated heterocycles. The van der Waals surface area contributed by atoms with Crippen molar-refractivity contribution >= 4 is 12.3 Å². The Morgan fingerprint density at radius 3 is 2.63 bits per heavy atom. The quantitative estimate of drug-likeness (QED) is 0.838. The molecule has 2 atom stereocenters. The summed E-state index contributed by atoms with van der Waals surface area (Å²) in [7, 11) is 0. The number of rotatable bonds is 2. The Morgan fingerprint density at radius 1 is 1.42 bits per heavy atom. The van der Waals surface area contributed by atoms with Gasteiger partial charge in [0.2, 0.25) is 6.10 Å². The van der Waals surface area contributed by atoms with E-state index in [0.717, 1.165) is 0 Å². The van der Waals surface area contributed by atoms with Crippen LogP contribution in [0.3, 0.4) is 0 Å². The van der Waals surface area contributed by atoms with E-state index in [2.05, 4.69) is 0 Å². The standard InChI is InChI=1S/C12H9F3O4/c13-12(14,15)10-8(11(17)18)4-7-3-6(5-16)1-2-9(7)19-10/h1-3,5,8,10H,4H2,(H,17,18). The molecule has 0 amide bonds. The minimum Gasteiger partial charge on any atom is -0.481 e. The maximum Gasteiger partial charge on any atom is 0.426 e. The van der Waals surface area contributed by atoms with Crippen molar-refractivity contribution in [3.8, 4) is 5.75 Å². The van der Waals surface area contributed by atoms with Gasteiger partial charge in [0.1, 0.15) is 18.0 Å². The molecule has 7 heteroatoms. The fraction of sp³-hybridized carbons (Fsp3) is 0.333. The number of carboxylic acid groups (broad SMARTS) is 1. The average molecular weight is 274 g/mol. The van der Waals surface area contributed by atoms with Gasteiger partial charge in [-0.05, 0) is 30.2 Å². The van der Waals surface area contributed by atoms with Crippen molar-refractivity contribution in [3.05, 3.63) is 29.3 Å². The SMILES string of the molecule is O=Cc1ccc2c(c1)CC(C(=O)O)C(C(F)(F)F)O2. The van der Waals surface area contributed by atoms with Crippen LogP contribution >= 0.6 is 0 Å². The summed E-state index contributed by atoms with van der Waals surface area (Å²) in [6, 6.07) is 3.90. The number of halogens is 3. The molecule has 4 nitrogen and oxygen atoms in total. The van der Waals surface area contributed by atoms with E-state index in [1.165, 1.54) is 18.2 Å². The Balaban J connectivity index is 2.42. The maximum absolute atomic E-state index is 12.7. The maximum atomic E-state index is 12.7. The summed E-state index contributed by atoms with van der Waals surface area (Å²) in [4.78, 5) is 21.5. The van der Waals surface area contributed by atoms with Crippen LogP contribution < -0.4 is 4.74 Å². The van der Waals surface area contributed by atoms with Gasteiger partial charge in [-0.15, -0.1) is 0 Å². The second-order valence-electron chi connectivity index (χ2n) is 4.21. The zero-order valence-electron chi connectivity index (χ0n) is 9.48. The summed E-state index contributed by atoms with van der Waals surface area (Å²) in [6.45, 7) is 0. The first-order valence-corrected chi connectivity index (χ1v) is 5.37. The van der Waals surface area contributed by atoms with Crippen LogP contribution in [-0.4, -0.2) is 29.6 Å². The monoisotopic (exact) mass is 274 g/mol. The molecule has 2 unspecified atom stereocenters. The van der Waals surface area contributed by atoms with Gasteiger partial charge >= 0.3 is 12.1 Å². The number of carbonyl (C=O) groups excluding carboxylic acids is 1. The predicted molar refractivity (Wildman–Crippen MR) is 57.1 cm³/mol. The van der Waals surface area contributed by atoms with Gasteiger partial charge < -0.3 is 9.84 Å². The molecular formula is C12H9F3O4. The second kappa shape index (κ2) is 4.56. The lowest BCUT2D eigenvalue weighted by Crippen LogP contribution is -2.47. The molecule has 0 radical (unpaired) electrons. The van der Waals surface area contributed by atoms with Crippen LogP contribution in [0, 0.1) is 5.92 Å². The highest BCUT2D eigenvalue weighted by Gasteiger charge is 2.52. The Hall–Kier alpha value is -2.05. The molecule has 1 N–H and O–H groups in total. The van der Waals surface area contributed by atoms with Crippen molar-refractivity contribution < 1.29 is 32.6 Å². The first-order valence-electron chi connectivity index (χ1n) is 5.37. The third-order valence-corrected chi connectivity index (χ3v) is 2.92. The number of carbonyl (C=O) groups is 2. The lowest BCUT2D eigenvalue weighted by atomic mass is 9.89. The Bertz CT molecular complexity index is 524. The van der Waals surface area contributed by atoms with Crippen molar-refractivity contribution in [2.45, 2.75) is 18.7 Å². The molecule has 0 bridgehead atoms. The fourth-order valence-electron chi connectivity index (χ4n) is 2.02. The first kappa shape index (κ1) is 13.4. The lowest BCUT2D eigenvalue weighted by Gasteiger charge is -2.32. The molecule has 0 aromatic heterocycles. The minimum atomic E-state index is -4.76. The Labute approximate surface area is 105 Å². The third-order valence-electron chi connectivity index (χ3n) is 2.92. The van der Waals surface area contributed by atoms with E-state index in [1.807, 2.05) is 0 Å². The summed E-state index contributed by atoms with van der Waals surface area (Å²) in [6.07, 6.45) is -6.92. The molecule has 1 aliphatic rings. The summed E-state index contributed by atoms with van der Waals surface area (Å²) in [5, 5.41) is 8.87. The van der Waals surface area contributed by atoms with Crippen molar-refractivity contribution in [3.63, 3.8) is 0 Å². The highest BCUT2D eigenvalue weighted by molar-refractivity contribution is 5.76. The van der Waals surface area contributed by atoms with Crippen LogP contribution in [0.5, 0.6) is 5.75 Å².